The number of rotatable bonds is 4. The van der Waals surface area contributed by atoms with Gasteiger partial charge >= 0.3 is 0 Å². The van der Waals surface area contributed by atoms with Crippen molar-refractivity contribution >= 4 is 5.70 Å². The van der Waals surface area contributed by atoms with Gasteiger partial charge in [0.15, 0.2) is 0 Å². The number of benzene rings is 2. The zero-order chi connectivity index (χ0) is 17.8. The van der Waals surface area contributed by atoms with Crippen molar-refractivity contribution in [2.75, 3.05) is 7.11 Å². The molecule has 1 aliphatic heterocycles. The minimum absolute atomic E-state index is 0.108. The van der Waals surface area contributed by atoms with Gasteiger partial charge in [-0.05, 0) is 36.6 Å². The lowest BCUT2D eigenvalue weighted by atomic mass is 9.92. The highest BCUT2D eigenvalue weighted by Crippen LogP contribution is 2.37. The Balaban J connectivity index is 1.68. The molecule has 1 fully saturated rings. The molecule has 4 heteroatoms. The quantitative estimate of drug-likeness (QED) is 0.701. The van der Waals surface area contributed by atoms with Crippen molar-refractivity contribution < 1.29 is 4.74 Å². The average molecular weight is 347 g/mol. The Morgan fingerprint density at radius 1 is 0.923 bits per heavy atom. The van der Waals surface area contributed by atoms with Crippen LogP contribution in [0.3, 0.4) is 0 Å². The van der Waals surface area contributed by atoms with Gasteiger partial charge in [-0.1, -0.05) is 67.0 Å². The maximum atomic E-state index is 5.32. The summed E-state index contributed by atoms with van der Waals surface area (Å²) in [4.78, 5) is 0. The molecule has 0 saturated heterocycles. The first-order valence-electron chi connectivity index (χ1n) is 9.46. The second-order valence-electron chi connectivity index (χ2n) is 7.00. The van der Waals surface area contributed by atoms with E-state index < -0.39 is 0 Å². The molecule has 1 heterocycles. The highest BCUT2D eigenvalue weighted by Gasteiger charge is 2.30. The number of hydrogen-bond donors (Lipinski definition) is 0. The predicted molar refractivity (Wildman–Crippen MR) is 104 cm³/mol. The lowest BCUT2D eigenvalue weighted by Crippen LogP contribution is -2.36. The number of ether oxygens (including phenoxy) is 1. The SMILES string of the molecule is COc1ccc(C2C=C(c3ccccc3)N=NN2C2CCCCC2)cc1. The van der Waals surface area contributed by atoms with Gasteiger partial charge in [-0.2, -0.15) is 0 Å². The summed E-state index contributed by atoms with van der Waals surface area (Å²) in [5, 5.41) is 11.4. The van der Waals surface area contributed by atoms with Crippen molar-refractivity contribution in [3.8, 4) is 5.75 Å². The molecule has 1 aliphatic carbocycles. The van der Waals surface area contributed by atoms with E-state index in [1.807, 2.05) is 30.3 Å². The molecule has 26 heavy (non-hydrogen) atoms. The molecule has 2 aliphatic rings. The molecule has 2 aromatic rings. The Morgan fingerprint density at radius 2 is 1.65 bits per heavy atom. The average Bonchev–Trinajstić information content (AvgIpc) is 2.75. The van der Waals surface area contributed by atoms with Gasteiger partial charge in [-0.3, -0.25) is 5.01 Å². The Labute approximate surface area is 155 Å². The van der Waals surface area contributed by atoms with Crippen LogP contribution >= 0.6 is 0 Å². The van der Waals surface area contributed by atoms with Crippen LogP contribution in [0.25, 0.3) is 5.70 Å². The fourth-order valence-corrected chi connectivity index (χ4v) is 3.87. The summed E-state index contributed by atoms with van der Waals surface area (Å²) >= 11 is 0. The standard InChI is InChI=1S/C22H25N3O/c1-26-20-14-12-18(13-15-20)22-16-21(17-8-4-2-5-9-17)23-24-25(22)19-10-6-3-7-11-19/h2,4-5,8-9,12-16,19,22H,3,6-7,10-11H2,1H3. The summed E-state index contributed by atoms with van der Waals surface area (Å²) in [6.07, 6.45) is 8.53. The highest BCUT2D eigenvalue weighted by atomic mass is 16.5. The molecule has 2 aromatic carbocycles. The van der Waals surface area contributed by atoms with Crippen LogP contribution in [-0.2, 0) is 0 Å². The fourth-order valence-electron chi connectivity index (χ4n) is 3.87. The van der Waals surface area contributed by atoms with Crippen LogP contribution in [0.1, 0.15) is 49.3 Å². The third-order valence-corrected chi connectivity index (χ3v) is 5.33. The van der Waals surface area contributed by atoms with Gasteiger partial charge in [0, 0.05) is 11.6 Å². The van der Waals surface area contributed by atoms with Gasteiger partial charge in [-0.25, -0.2) is 0 Å². The maximum Gasteiger partial charge on any atom is 0.118 e. The van der Waals surface area contributed by atoms with E-state index in [2.05, 4.69) is 45.7 Å². The van der Waals surface area contributed by atoms with E-state index in [-0.39, 0.29) is 6.04 Å². The van der Waals surface area contributed by atoms with Crippen molar-refractivity contribution in [1.29, 1.82) is 0 Å². The van der Waals surface area contributed by atoms with Crippen LogP contribution in [0.4, 0.5) is 0 Å². The van der Waals surface area contributed by atoms with Crippen molar-refractivity contribution in [3.05, 3.63) is 71.8 Å². The molecule has 0 bridgehead atoms. The largest absolute Gasteiger partial charge is 0.497 e. The third-order valence-electron chi connectivity index (χ3n) is 5.33. The van der Waals surface area contributed by atoms with Crippen molar-refractivity contribution in [3.63, 3.8) is 0 Å². The molecule has 1 atom stereocenters. The Hall–Kier alpha value is -2.62. The van der Waals surface area contributed by atoms with E-state index in [1.54, 1.807) is 7.11 Å². The predicted octanol–water partition coefficient (Wildman–Crippen LogP) is 5.79. The summed E-state index contributed by atoms with van der Waals surface area (Å²) < 4.78 is 5.32. The topological polar surface area (TPSA) is 37.2 Å². The fraction of sp³-hybridized carbons (Fsp3) is 0.364. The minimum Gasteiger partial charge on any atom is -0.497 e. The first kappa shape index (κ1) is 16.8. The third kappa shape index (κ3) is 3.50. The van der Waals surface area contributed by atoms with E-state index in [0.717, 1.165) is 17.0 Å². The van der Waals surface area contributed by atoms with Gasteiger partial charge in [0.05, 0.1) is 18.8 Å². The van der Waals surface area contributed by atoms with Crippen LogP contribution in [0.2, 0.25) is 0 Å². The molecule has 4 rings (SSSR count). The van der Waals surface area contributed by atoms with Gasteiger partial charge in [-0.15, -0.1) is 5.11 Å². The van der Waals surface area contributed by atoms with Crippen molar-refractivity contribution in [2.45, 2.75) is 44.2 Å². The minimum atomic E-state index is 0.108. The Morgan fingerprint density at radius 3 is 2.35 bits per heavy atom. The van der Waals surface area contributed by atoms with E-state index in [1.165, 1.54) is 37.7 Å². The molecule has 134 valence electrons. The molecule has 0 N–H and O–H groups in total. The second-order valence-corrected chi connectivity index (χ2v) is 7.00. The number of nitrogens with zero attached hydrogens (tertiary/aromatic N) is 3. The smallest absolute Gasteiger partial charge is 0.118 e. The highest BCUT2D eigenvalue weighted by molar-refractivity contribution is 5.65. The zero-order valence-corrected chi connectivity index (χ0v) is 15.2. The molecular weight excluding hydrogens is 322 g/mol. The summed E-state index contributed by atoms with van der Waals surface area (Å²) in [7, 11) is 1.70. The molecule has 0 radical (unpaired) electrons. The van der Waals surface area contributed by atoms with Crippen molar-refractivity contribution in [2.24, 2.45) is 10.3 Å². The molecule has 0 amide bonds. The van der Waals surface area contributed by atoms with E-state index >= 15 is 0 Å². The Kier molecular flexibility index (Phi) is 5.00. The van der Waals surface area contributed by atoms with Crippen LogP contribution in [0.5, 0.6) is 5.75 Å². The Bertz CT molecular complexity index is 777. The maximum absolute atomic E-state index is 5.32. The summed E-state index contributed by atoms with van der Waals surface area (Å²) in [6.45, 7) is 0. The number of methoxy groups -OCH3 is 1. The van der Waals surface area contributed by atoms with Gasteiger partial charge in [0.1, 0.15) is 5.75 Å². The van der Waals surface area contributed by atoms with Gasteiger partial charge < -0.3 is 4.74 Å². The monoisotopic (exact) mass is 347 g/mol. The molecule has 1 saturated carbocycles. The van der Waals surface area contributed by atoms with Crippen LogP contribution in [-0.4, -0.2) is 18.2 Å². The molecule has 1 unspecified atom stereocenters. The van der Waals surface area contributed by atoms with E-state index in [4.69, 9.17) is 4.74 Å². The van der Waals surface area contributed by atoms with Crippen LogP contribution in [0.15, 0.2) is 71.0 Å². The number of hydrogen-bond acceptors (Lipinski definition) is 4. The molecule has 4 nitrogen and oxygen atoms in total. The van der Waals surface area contributed by atoms with E-state index in [0.29, 0.717) is 6.04 Å². The zero-order valence-electron chi connectivity index (χ0n) is 15.2. The molecule has 0 spiro atoms. The summed E-state index contributed by atoms with van der Waals surface area (Å²) in [6, 6.07) is 19.2. The molecule has 0 aromatic heterocycles. The lowest BCUT2D eigenvalue weighted by Gasteiger charge is -2.37. The normalized spacial score (nSPS) is 20.7. The summed E-state index contributed by atoms with van der Waals surface area (Å²) in [5.74, 6) is 0.877. The second kappa shape index (κ2) is 7.73. The van der Waals surface area contributed by atoms with Crippen LogP contribution in [0, 0.1) is 0 Å². The summed E-state index contributed by atoms with van der Waals surface area (Å²) in [5.41, 5.74) is 3.28. The first-order valence-corrected chi connectivity index (χ1v) is 9.46. The lowest BCUT2D eigenvalue weighted by molar-refractivity contribution is 0.116. The van der Waals surface area contributed by atoms with Gasteiger partial charge in [0.25, 0.3) is 0 Å². The van der Waals surface area contributed by atoms with Crippen molar-refractivity contribution in [1.82, 2.24) is 5.01 Å². The first-order chi connectivity index (χ1) is 12.8. The van der Waals surface area contributed by atoms with Gasteiger partial charge in [0.2, 0.25) is 0 Å². The van der Waals surface area contributed by atoms with E-state index in [9.17, 15) is 0 Å². The van der Waals surface area contributed by atoms with Crippen LogP contribution < -0.4 is 4.74 Å². The molecular formula is C22H25N3O.